The molecule has 2 unspecified atom stereocenters. The van der Waals surface area contributed by atoms with Gasteiger partial charge in [0, 0.05) is 28.4 Å². The van der Waals surface area contributed by atoms with Crippen LogP contribution >= 0.6 is 22.6 Å². The summed E-state index contributed by atoms with van der Waals surface area (Å²) in [5.41, 5.74) is 1.38. The normalized spacial score (nSPS) is 24.3. The lowest BCUT2D eigenvalue weighted by Gasteiger charge is -2.38. The van der Waals surface area contributed by atoms with Crippen molar-refractivity contribution in [1.29, 1.82) is 0 Å². The Morgan fingerprint density at radius 3 is 2.94 bits per heavy atom. The molecule has 1 aliphatic heterocycles. The van der Waals surface area contributed by atoms with E-state index in [1.807, 2.05) is 0 Å². The lowest BCUT2D eigenvalue weighted by Crippen LogP contribution is -2.48. The van der Waals surface area contributed by atoms with Gasteiger partial charge in [-0.3, -0.25) is 0 Å². The molecule has 0 aromatic heterocycles. The van der Waals surface area contributed by atoms with Crippen LogP contribution in [0.4, 0.5) is 5.69 Å². The summed E-state index contributed by atoms with van der Waals surface area (Å²) in [7, 11) is 0. The lowest BCUT2D eigenvalue weighted by molar-refractivity contribution is 0.322. The largest absolute Gasteiger partial charge is 0.371 e. The van der Waals surface area contributed by atoms with E-state index in [0.717, 1.165) is 12.5 Å². The molecule has 1 aromatic carbocycles. The summed E-state index contributed by atoms with van der Waals surface area (Å²) in [4.78, 5) is 2.52. The van der Waals surface area contributed by atoms with Gasteiger partial charge in [0.05, 0.1) is 0 Å². The second-order valence-electron chi connectivity index (χ2n) is 5.25. The summed E-state index contributed by atoms with van der Waals surface area (Å²) < 4.78 is 1.32. The van der Waals surface area contributed by atoms with Crippen molar-refractivity contribution < 1.29 is 0 Å². The SMILES string of the molecule is CCCNC1CCN(c2cccc(I)c2)CC1C. The van der Waals surface area contributed by atoms with Crippen molar-refractivity contribution in [2.75, 3.05) is 24.5 Å². The van der Waals surface area contributed by atoms with Crippen LogP contribution in [-0.4, -0.2) is 25.7 Å². The number of halogens is 1. The van der Waals surface area contributed by atoms with E-state index < -0.39 is 0 Å². The highest BCUT2D eigenvalue weighted by molar-refractivity contribution is 14.1. The Balaban J connectivity index is 1.95. The van der Waals surface area contributed by atoms with Crippen LogP contribution < -0.4 is 10.2 Å². The third kappa shape index (κ3) is 3.60. The highest BCUT2D eigenvalue weighted by atomic mass is 127. The molecule has 0 amide bonds. The molecule has 0 bridgehead atoms. The average molecular weight is 358 g/mol. The standard InChI is InChI=1S/C15H23IN2/c1-3-8-17-15-7-9-18(11-12(15)2)14-6-4-5-13(16)10-14/h4-6,10,12,15,17H,3,7-9,11H2,1-2H3. The van der Waals surface area contributed by atoms with E-state index in [-0.39, 0.29) is 0 Å². The monoisotopic (exact) mass is 358 g/mol. The molecule has 1 aromatic rings. The minimum atomic E-state index is 0.698. The molecule has 0 saturated carbocycles. The third-order valence-corrected chi connectivity index (χ3v) is 4.41. The van der Waals surface area contributed by atoms with Gasteiger partial charge in [-0.25, -0.2) is 0 Å². The predicted octanol–water partition coefficient (Wildman–Crippen LogP) is 3.51. The molecule has 2 atom stereocenters. The molecular formula is C15H23IN2. The van der Waals surface area contributed by atoms with E-state index in [1.165, 1.54) is 35.2 Å². The molecule has 1 fully saturated rings. The van der Waals surface area contributed by atoms with Gasteiger partial charge in [-0.15, -0.1) is 0 Å². The molecule has 1 heterocycles. The molecule has 0 spiro atoms. The van der Waals surface area contributed by atoms with Gasteiger partial charge in [-0.1, -0.05) is 19.9 Å². The maximum Gasteiger partial charge on any atom is 0.0376 e. The van der Waals surface area contributed by atoms with Crippen LogP contribution in [0.3, 0.4) is 0 Å². The van der Waals surface area contributed by atoms with Crippen LogP contribution in [0.2, 0.25) is 0 Å². The number of nitrogens with one attached hydrogen (secondary N) is 1. The zero-order valence-corrected chi connectivity index (χ0v) is 13.5. The van der Waals surface area contributed by atoms with E-state index in [1.54, 1.807) is 0 Å². The van der Waals surface area contributed by atoms with E-state index in [2.05, 4.69) is 70.9 Å². The highest BCUT2D eigenvalue weighted by Crippen LogP contribution is 2.24. The van der Waals surface area contributed by atoms with E-state index in [9.17, 15) is 0 Å². The summed E-state index contributed by atoms with van der Waals surface area (Å²) in [5, 5.41) is 3.68. The lowest BCUT2D eigenvalue weighted by atomic mass is 9.93. The van der Waals surface area contributed by atoms with Gasteiger partial charge in [0.25, 0.3) is 0 Å². The summed E-state index contributed by atoms with van der Waals surface area (Å²) in [6.45, 7) is 8.09. The van der Waals surface area contributed by atoms with E-state index >= 15 is 0 Å². The fraction of sp³-hybridized carbons (Fsp3) is 0.600. The zero-order chi connectivity index (χ0) is 13.0. The van der Waals surface area contributed by atoms with Crippen molar-refractivity contribution in [3.05, 3.63) is 27.8 Å². The second-order valence-corrected chi connectivity index (χ2v) is 6.50. The first-order valence-corrected chi connectivity index (χ1v) is 8.02. The van der Waals surface area contributed by atoms with Gasteiger partial charge in [0.2, 0.25) is 0 Å². The summed E-state index contributed by atoms with van der Waals surface area (Å²) in [5.74, 6) is 0.725. The van der Waals surface area contributed by atoms with Gasteiger partial charge in [-0.05, 0) is 66.1 Å². The van der Waals surface area contributed by atoms with Crippen molar-refractivity contribution in [1.82, 2.24) is 5.32 Å². The van der Waals surface area contributed by atoms with Crippen LogP contribution in [0.15, 0.2) is 24.3 Å². The molecule has 1 aliphatic rings. The van der Waals surface area contributed by atoms with Crippen LogP contribution in [0.25, 0.3) is 0 Å². The number of benzene rings is 1. The first-order valence-electron chi connectivity index (χ1n) is 6.94. The Morgan fingerprint density at radius 1 is 1.44 bits per heavy atom. The molecule has 1 saturated heterocycles. The molecule has 0 aliphatic carbocycles. The Hall–Kier alpha value is -0.290. The smallest absolute Gasteiger partial charge is 0.0376 e. The molecule has 3 heteroatoms. The Kier molecular flexibility index (Phi) is 5.30. The fourth-order valence-electron chi connectivity index (χ4n) is 2.69. The molecule has 100 valence electrons. The number of nitrogens with zero attached hydrogens (tertiary/aromatic N) is 1. The van der Waals surface area contributed by atoms with E-state index in [0.29, 0.717) is 6.04 Å². The first-order chi connectivity index (χ1) is 8.70. The van der Waals surface area contributed by atoms with Gasteiger partial charge in [0.15, 0.2) is 0 Å². The summed E-state index contributed by atoms with van der Waals surface area (Å²) in [6, 6.07) is 9.53. The minimum absolute atomic E-state index is 0.698. The van der Waals surface area contributed by atoms with Gasteiger partial charge < -0.3 is 10.2 Å². The maximum atomic E-state index is 3.68. The molecule has 1 N–H and O–H groups in total. The minimum Gasteiger partial charge on any atom is -0.371 e. The Morgan fingerprint density at radius 2 is 2.28 bits per heavy atom. The van der Waals surface area contributed by atoms with Crippen LogP contribution in [0.1, 0.15) is 26.7 Å². The van der Waals surface area contributed by atoms with Crippen LogP contribution in [-0.2, 0) is 0 Å². The third-order valence-electron chi connectivity index (χ3n) is 3.74. The number of hydrogen-bond acceptors (Lipinski definition) is 2. The second kappa shape index (κ2) is 6.75. The molecule has 2 nitrogen and oxygen atoms in total. The van der Waals surface area contributed by atoms with Gasteiger partial charge >= 0.3 is 0 Å². The number of piperidine rings is 1. The van der Waals surface area contributed by atoms with Crippen LogP contribution in [0, 0.1) is 9.49 Å². The quantitative estimate of drug-likeness (QED) is 0.829. The van der Waals surface area contributed by atoms with Crippen molar-refractivity contribution in [2.24, 2.45) is 5.92 Å². The van der Waals surface area contributed by atoms with E-state index in [4.69, 9.17) is 0 Å². The fourth-order valence-corrected chi connectivity index (χ4v) is 3.21. The number of anilines is 1. The van der Waals surface area contributed by atoms with Gasteiger partial charge in [0.1, 0.15) is 0 Å². The van der Waals surface area contributed by atoms with Crippen molar-refractivity contribution >= 4 is 28.3 Å². The zero-order valence-electron chi connectivity index (χ0n) is 11.3. The van der Waals surface area contributed by atoms with Crippen LogP contribution in [0.5, 0.6) is 0 Å². The number of rotatable bonds is 4. The maximum absolute atomic E-state index is 3.68. The predicted molar refractivity (Wildman–Crippen MR) is 87.2 cm³/mol. The molecule has 0 radical (unpaired) electrons. The first kappa shape index (κ1) is 14.1. The number of hydrogen-bond donors (Lipinski definition) is 1. The molecule has 2 rings (SSSR count). The Labute approximate surface area is 124 Å². The van der Waals surface area contributed by atoms with Crippen molar-refractivity contribution in [3.63, 3.8) is 0 Å². The topological polar surface area (TPSA) is 15.3 Å². The summed E-state index contributed by atoms with van der Waals surface area (Å²) >= 11 is 2.39. The Bertz CT molecular complexity index is 381. The van der Waals surface area contributed by atoms with Crippen molar-refractivity contribution in [2.45, 2.75) is 32.7 Å². The summed E-state index contributed by atoms with van der Waals surface area (Å²) in [6.07, 6.45) is 2.48. The van der Waals surface area contributed by atoms with Gasteiger partial charge in [-0.2, -0.15) is 0 Å². The van der Waals surface area contributed by atoms with Crippen molar-refractivity contribution in [3.8, 4) is 0 Å². The molecular weight excluding hydrogens is 335 g/mol. The average Bonchev–Trinajstić information content (AvgIpc) is 2.37. The molecule has 18 heavy (non-hydrogen) atoms. The highest BCUT2D eigenvalue weighted by Gasteiger charge is 2.25.